The fourth-order valence-corrected chi connectivity index (χ4v) is 1.55. The molecule has 1 aliphatic heterocycles. The predicted octanol–water partition coefficient (Wildman–Crippen LogP) is 0.622. The molecule has 0 saturated heterocycles. The summed E-state index contributed by atoms with van der Waals surface area (Å²) in [4.78, 5) is 23.7. The molecule has 0 aliphatic carbocycles. The lowest BCUT2D eigenvalue weighted by atomic mass is 10.5. The van der Waals surface area contributed by atoms with Crippen LogP contribution in [0.3, 0.4) is 0 Å². The zero-order valence-corrected chi connectivity index (χ0v) is 7.27. The molecule has 0 unspecified atom stereocenters. The van der Waals surface area contributed by atoms with Crippen molar-refractivity contribution in [2.75, 3.05) is 12.8 Å². The normalized spacial score (nSPS) is 17.6. The highest BCUT2D eigenvalue weighted by Crippen LogP contribution is 2.22. The highest BCUT2D eigenvalue weighted by Gasteiger charge is 2.26. The van der Waals surface area contributed by atoms with E-state index < -0.39 is 0 Å². The van der Waals surface area contributed by atoms with Gasteiger partial charge in [0.25, 0.3) is 11.8 Å². The fraction of sp³-hybridized carbons (Fsp3) is 0.429. The van der Waals surface area contributed by atoms with Crippen LogP contribution in [-0.4, -0.2) is 29.5 Å². The number of thioether (sulfide) groups is 1. The summed E-state index contributed by atoms with van der Waals surface area (Å²) in [7, 11) is 1.49. The number of likely N-dealkylation sites (N-methyl/N-ethyl adjacent to an activating group) is 1. The summed E-state index contributed by atoms with van der Waals surface area (Å²) in [5.41, 5.74) is 0. The summed E-state index contributed by atoms with van der Waals surface area (Å²) in [5.74, 6) is 0.423. The van der Waals surface area contributed by atoms with Crippen molar-refractivity contribution >= 4 is 23.6 Å². The van der Waals surface area contributed by atoms with Crippen molar-refractivity contribution < 1.29 is 9.59 Å². The Balaban J connectivity index is 2.75. The first-order valence-corrected chi connectivity index (χ1v) is 4.32. The summed E-state index contributed by atoms with van der Waals surface area (Å²) in [6.07, 6.45) is 1.39. The third-order valence-electron chi connectivity index (χ3n) is 1.40. The highest BCUT2D eigenvalue weighted by atomic mass is 32.2. The maximum Gasteiger partial charge on any atom is 0.267 e. The Morgan fingerprint density at radius 3 is 2.55 bits per heavy atom. The summed E-state index contributed by atoms with van der Waals surface area (Å²) in [6.45, 7) is 1.95. The molecule has 0 fully saturated rings. The Kier molecular flexibility index (Phi) is 2.34. The molecule has 4 heteroatoms. The quantitative estimate of drug-likeness (QED) is 0.572. The van der Waals surface area contributed by atoms with E-state index in [0.717, 1.165) is 10.7 Å². The lowest BCUT2D eigenvalue weighted by molar-refractivity contribution is -0.135. The van der Waals surface area contributed by atoms with Crippen molar-refractivity contribution in [3.63, 3.8) is 0 Å². The van der Waals surface area contributed by atoms with Gasteiger partial charge in [-0.3, -0.25) is 14.5 Å². The van der Waals surface area contributed by atoms with Crippen LogP contribution < -0.4 is 0 Å². The van der Waals surface area contributed by atoms with Gasteiger partial charge in [0, 0.05) is 13.1 Å². The monoisotopic (exact) mass is 171 g/mol. The van der Waals surface area contributed by atoms with E-state index in [1.807, 2.05) is 6.92 Å². The molecule has 0 aromatic heterocycles. The van der Waals surface area contributed by atoms with Crippen molar-refractivity contribution in [3.05, 3.63) is 11.0 Å². The highest BCUT2D eigenvalue weighted by molar-refractivity contribution is 8.04. The molecule has 2 amide bonds. The third-order valence-corrected chi connectivity index (χ3v) is 2.29. The van der Waals surface area contributed by atoms with Crippen molar-refractivity contribution in [2.24, 2.45) is 0 Å². The number of hydrogen-bond acceptors (Lipinski definition) is 3. The largest absolute Gasteiger partial charge is 0.278 e. The maximum absolute atomic E-state index is 11.1. The Morgan fingerprint density at radius 2 is 2.18 bits per heavy atom. The van der Waals surface area contributed by atoms with Crippen LogP contribution in [0.15, 0.2) is 11.0 Å². The minimum absolute atomic E-state index is 0.179. The molecule has 0 N–H and O–H groups in total. The molecule has 0 aromatic rings. The van der Waals surface area contributed by atoms with Gasteiger partial charge in [0.2, 0.25) is 0 Å². The molecule has 0 aromatic carbocycles. The second kappa shape index (κ2) is 3.09. The van der Waals surface area contributed by atoms with Gasteiger partial charge in [-0.1, -0.05) is 6.92 Å². The van der Waals surface area contributed by atoms with Crippen LogP contribution in [0.2, 0.25) is 0 Å². The Labute approximate surface area is 69.4 Å². The van der Waals surface area contributed by atoms with Gasteiger partial charge in [-0.25, -0.2) is 0 Å². The number of hydrogen-bond donors (Lipinski definition) is 0. The first-order valence-electron chi connectivity index (χ1n) is 3.33. The van der Waals surface area contributed by atoms with Crippen LogP contribution in [0.1, 0.15) is 6.92 Å². The van der Waals surface area contributed by atoms with Crippen molar-refractivity contribution in [2.45, 2.75) is 6.92 Å². The number of imide groups is 1. The van der Waals surface area contributed by atoms with E-state index in [2.05, 4.69) is 0 Å². The lowest BCUT2D eigenvalue weighted by Gasteiger charge is -2.04. The van der Waals surface area contributed by atoms with Crippen LogP contribution in [-0.2, 0) is 9.59 Å². The zero-order valence-electron chi connectivity index (χ0n) is 6.46. The lowest BCUT2D eigenvalue weighted by Crippen LogP contribution is -2.25. The van der Waals surface area contributed by atoms with Gasteiger partial charge in [-0.2, -0.15) is 0 Å². The molecule has 0 radical (unpaired) electrons. The molecule has 60 valence electrons. The van der Waals surface area contributed by atoms with Crippen molar-refractivity contribution in [1.82, 2.24) is 4.90 Å². The van der Waals surface area contributed by atoms with E-state index in [1.165, 1.54) is 24.9 Å². The van der Waals surface area contributed by atoms with Crippen LogP contribution in [0.25, 0.3) is 0 Å². The fourth-order valence-electron chi connectivity index (χ4n) is 0.795. The van der Waals surface area contributed by atoms with Crippen LogP contribution in [0.5, 0.6) is 0 Å². The van der Waals surface area contributed by atoms with E-state index in [1.54, 1.807) is 0 Å². The topological polar surface area (TPSA) is 37.4 Å². The summed E-state index contributed by atoms with van der Waals surface area (Å²) in [6, 6.07) is 0. The minimum atomic E-state index is -0.217. The molecule has 11 heavy (non-hydrogen) atoms. The van der Waals surface area contributed by atoms with E-state index in [9.17, 15) is 9.59 Å². The van der Waals surface area contributed by atoms with Gasteiger partial charge in [-0.05, 0) is 5.75 Å². The average molecular weight is 171 g/mol. The Morgan fingerprint density at radius 1 is 1.55 bits per heavy atom. The molecule has 0 bridgehead atoms. The summed E-state index contributed by atoms with van der Waals surface area (Å²) in [5, 5.41) is 0. The van der Waals surface area contributed by atoms with Gasteiger partial charge < -0.3 is 0 Å². The van der Waals surface area contributed by atoms with Crippen LogP contribution >= 0.6 is 11.8 Å². The molecule has 0 atom stereocenters. The smallest absolute Gasteiger partial charge is 0.267 e. The Bertz CT molecular complexity index is 235. The number of carbonyl (C=O) groups excluding carboxylic acids is 2. The van der Waals surface area contributed by atoms with E-state index in [0.29, 0.717) is 4.91 Å². The van der Waals surface area contributed by atoms with Gasteiger partial charge in [-0.15, -0.1) is 11.8 Å². The third kappa shape index (κ3) is 1.45. The standard InChI is InChI=1S/C7H9NO2S/c1-3-11-5-4-6(9)8(2)7(5)10/h4H,3H2,1-2H3. The van der Waals surface area contributed by atoms with Gasteiger partial charge in [0.1, 0.15) is 0 Å². The molecule has 3 nitrogen and oxygen atoms in total. The first-order chi connectivity index (χ1) is 5.16. The van der Waals surface area contributed by atoms with Gasteiger partial charge in [0.15, 0.2) is 0 Å². The SMILES string of the molecule is CCSC1=CC(=O)N(C)C1=O. The molecule has 0 spiro atoms. The van der Waals surface area contributed by atoms with Crippen molar-refractivity contribution in [1.29, 1.82) is 0 Å². The molecular formula is C7H9NO2S. The van der Waals surface area contributed by atoms with Crippen LogP contribution in [0.4, 0.5) is 0 Å². The van der Waals surface area contributed by atoms with E-state index in [4.69, 9.17) is 0 Å². The summed E-state index contributed by atoms with van der Waals surface area (Å²) >= 11 is 1.40. The van der Waals surface area contributed by atoms with Crippen molar-refractivity contribution in [3.8, 4) is 0 Å². The number of nitrogens with zero attached hydrogens (tertiary/aromatic N) is 1. The Hall–Kier alpha value is -0.770. The number of amides is 2. The molecule has 1 aliphatic rings. The second-order valence-corrected chi connectivity index (χ2v) is 3.45. The molecule has 1 heterocycles. The minimum Gasteiger partial charge on any atom is -0.278 e. The van der Waals surface area contributed by atoms with Crippen LogP contribution in [0, 0.1) is 0 Å². The predicted molar refractivity (Wildman–Crippen MR) is 44.0 cm³/mol. The number of rotatable bonds is 2. The first kappa shape index (κ1) is 8.33. The molecular weight excluding hydrogens is 162 g/mol. The average Bonchev–Trinajstić information content (AvgIpc) is 2.19. The zero-order chi connectivity index (χ0) is 8.43. The maximum atomic E-state index is 11.1. The van der Waals surface area contributed by atoms with Gasteiger partial charge >= 0.3 is 0 Å². The van der Waals surface area contributed by atoms with Gasteiger partial charge in [0.05, 0.1) is 4.91 Å². The van der Waals surface area contributed by atoms with E-state index >= 15 is 0 Å². The second-order valence-electron chi connectivity index (χ2n) is 2.14. The molecule has 1 rings (SSSR count). The van der Waals surface area contributed by atoms with E-state index in [-0.39, 0.29) is 11.8 Å². The number of carbonyl (C=O) groups is 2. The molecule has 0 saturated carbocycles. The summed E-state index contributed by atoms with van der Waals surface area (Å²) < 4.78 is 0.